The number of aliphatic hydroxyl groups is 1. The quantitative estimate of drug-likeness (QED) is 0.408. The Morgan fingerprint density at radius 3 is 1.96 bits per heavy atom. The van der Waals surface area contributed by atoms with Crippen LogP contribution >= 0.6 is 8.60 Å². The Labute approximate surface area is 167 Å². The lowest BCUT2D eigenvalue weighted by molar-refractivity contribution is -0.136. The number of rotatable bonds is 10. The minimum Gasteiger partial charge on any atom is -0.383 e. The molecular formula is C18H43N2O6P. The Balaban J connectivity index is -0.000000397. The van der Waals surface area contributed by atoms with Crippen LogP contribution in [0, 0.1) is 5.41 Å². The molecule has 0 fully saturated rings. The number of hydrogen-bond donors (Lipinski definition) is 4. The summed E-state index contributed by atoms with van der Waals surface area (Å²) in [6, 6.07) is 0. The fraction of sp³-hybridized carbons (Fsp3) is 0.889. The first-order valence-corrected chi connectivity index (χ1v) is 10.8. The Hall–Kier alpha value is -0.790. The first-order chi connectivity index (χ1) is 12.7. The number of carbonyl (C=O) groups is 2. The zero-order valence-corrected chi connectivity index (χ0v) is 19.8. The molecule has 0 radical (unpaired) electrons. The van der Waals surface area contributed by atoms with Crippen molar-refractivity contribution in [3.63, 3.8) is 0 Å². The highest BCUT2D eigenvalue weighted by Crippen LogP contribution is 2.35. The van der Waals surface area contributed by atoms with Gasteiger partial charge in [0.05, 0.1) is 6.61 Å². The fourth-order valence-electron chi connectivity index (χ4n) is 1.39. The standard InChI is InChI=1S/C12H25N2O6P.3C2H6/c1-5-13-9(15)6-7-14-11(17)10(16)12(2,3)8-20-21(18)19-4;3*1-2/h10,16,18H,5-8H2,1-4H3,(H,13,15)(H,14,17);3*1-2H3. The van der Waals surface area contributed by atoms with Crippen LogP contribution in [0.3, 0.4) is 0 Å². The van der Waals surface area contributed by atoms with Gasteiger partial charge in [0.25, 0.3) is 0 Å². The highest BCUT2D eigenvalue weighted by Gasteiger charge is 2.34. The number of aliphatic hydroxyl groups excluding tert-OH is 1. The van der Waals surface area contributed by atoms with E-state index in [1.54, 1.807) is 20.8 Å². The summed E-state index contributed by atoms with van der Waals surface area (Å²) in [5.41, 5.74) is -0.905. The van der Waals surface area contributed by atoms with Crippen molar-refractivity contribution < 1.29 is 28.6 Å². The topological polar surface area (TPSA) is 117 Å². The van der Waals surface area contributed by atoms with Gasteiger partial charge in [-0.05, 0) is 6.92 Å². The van der Waals surface area contributed by atoms with E-state index in [0.717, 1.165) is 0 Å². The van der Waals surface area contributed by atoms with Crippen molar-refractivity contribution >= 4 is 20.4 Å². The van der Waals surface area contributed by atoms with Crippen molar-refractivity contribution in [2.45, 2.75) is 74.8 Å². The van der Waals surface area contributed by atoms with Crippen LogP contribution in [0.15, 0.2) is 0 Å². The maximum Gasteiger partial charge on any atom is 0.329 e. The third-order valence-corrected chi connectivity index (χ3v) is 3.38. The summed E-state index contributed by atoms with van der Waals surface area (Å²) in [5, 5.41) is 15.1. The summed E-state index contributed by atoms with van der Waals surface area (Å²) in [7, 11) is -0.712. The third-order valence-electron chi connectivity index (χ3n) is 2.72. The van der Waals surface area contributed by atoms with Crippen LogP contribution in [-0.4, -0.2) is 54.7 Å². The molecule has 2 amide bonds. The van der Waals surface area contributed by atoms with Gasteiger partial charge in [-0.1, -0.05) is 55.4 Å². The van der Waals surface area contributed by atoms with E-state index in [4.69, 9.17) is 4.52 Å². The third kappa shape index (κ3) is 19.8. The Kier molecular flexibility index (Phi) is 29.1. The lowest BCUT2D eigenvalue weighted by atomic mass is 9.87. The SMILES string of the molecule is CC.CC.CC.CCNC(=O)CCNC(=O)C(O)C(C)(C)COP(O)OC. The van der Waals surface area contributed by atoms with Crippen molar-refractivity contribution in [1.29, 1.82) is 0 Å². The van der Waals surface area contributed by atoms with Crippen LogP contribution in [0.5, 0.6) is 0 Å². The minimum absolute atomic E-state index is 0.0477. The Bertz CT molecular complexity index is 344. The molecule has 0 aliphatic heterocycles. The molecule has 0 spiro atoms. The van der Waals surface area contributed by atoms with E-state index in [0.29, 0.717) is 6.54 Å². The molecule has 27 heavy (non-hydrogen) atoms. The Morgan fingerprint density at radius 2 is 1.56 bits per heavy atom. The predicted octanol–water partition coefficient (Wildman–Crippen LogP) is 2.98. The van der Waals surface area contributed by atoms with Crippen molar-refractivity contribution in [1.82, 2.24) is 10.6 Å². The zero-order chi connectivity index (χ0) is 22.5. The molecule has 0 bridgehead atoms. The summed E-state index contributed by atoms with van der Waals surface area (Å²) in [4.78, 5) is 32.2. The monoisotopic (exact) mass is 414 g/mol. The van der Waals surface area contributed by atoms with Gasteiger partial charge in [0.1, 0.15) is 6.10 Å². The van der Waals surface area contributed by atoms with E-state index >= 15 is 0 Å². The molecule has 0 aromatic heterocycles. The predicted molar refractivity (Wildman–Crippen MR) is 112 cm³/mol. The van der Waals surface area contributed by atoms with E-state index in [9.17, 15) is 19.6 Å². The molecule has 0 rings (SSSR count). The molecule has 0 aliphatic rings. The van der Waals surface area contributed by atoms with Crippen molar-refractivity contribution in [2.75, 3.05) is 26.8 Å². The molecule has 4 N–H and O–H groups in total. The minimum atomic E-state index is -2.01. The highest BCUT2D eigenvalue weighted by molar-refractivity contribution is 7.40. The van der Waals surface area contributed by atoms with Crippen LogP contribution in [0.2, 0.25) is 0 Å². The average Bonchev–Trinajstić information content (AvgIpc) is 2.70. The maximum absolute atomic E-state index is 11.8. The van der Waals surface area contributed by atoms with Gasteiger partial charge in [0, 0.05) is 32.0 Å². The smallest absolute Gasteiger partial charge is 0.329 e. The van der Waals surface area contributed by atoms with Crippen LogP contribution in [0.4, 0.5) is 0 Å². The lowest BCUT2D eigenvalue weighted by Gasteiger charge is -2.29. The van der Waals surface area contributed by atoms with Crippen molar-refractivity contribution in [3.8, 4) is 0 Å². The molecule has 0 aromatic rings. The molecule has 0 saturated carbocycles. The highest BCUT2D eigenvalue weighted by atomic mass is 31.2. The second-order valence-corrected chi connectivity index (χ2v) is 6.18. The molecule has 2 unspecified atom stereocenters. The molecule has 0 aliphatic carbocycles. The first-order valence-electron chi connectivity index (χ1n) is 9.63. The molecular weight excluding hydrogens is 371 g/mol. The van der Waals surface area contributed by atoms with Crippen molar-refractivity contribution in [2.24, 2.45) is 5.41 Å². The fourth-order valence-corrected chi connectivity index (χ4v) is 1.94. The van der Waals surface area contributed by atoms with Gasteiger partial charge >= 0.3 is 8.60 Å². The van der Waals surface area contributed by atoms with E-state index in [1.807, 2.05) is 41.5 Å². The molecule has 0 saturated heterocycles. The van der Waals surface area contributed by atoms with Gasteiger partial charge in [0.2, 0.25) is 11.8 Å². The number of amides is 2. The van der Waals surface area contributed by atoms with Gasteiger partial charge in [-0.3, -0.25) is 9.59 Å². The van der Waals surface area contributed by atoms with Crippen LogP contribution in [-0.2, 0) is 18.6 Å². The summed E-state index contributed by atoms with van der Waals surface area (Å²) >= 11 is 0. The van der Waals surface area contributed by atoms with E-state index in [1.165, 1.54) is 7.11 Å². The molecule has 0 heterocycles. The molecule has 0 aromatic carbocycles. The number of nitrogens with one attached hydrogen (secondary N) is 2. The van der Waals surface area contributed by atoms with E-state index in [2.05, 4.69) is 15.2 Å². The van der Waals surface area contributed by atoms with Crippen molar-refractivity contribution in [3.05, 3.63) is 0 Å². The zero-order valence-electron chi connectivity index (χ0n) is 18.9. The van der Waals surface area contributed by atoms with Gasteiger partial charge in [-0.2, -0.15) is 0 Å². The summed E-state index contributed by atoms with van der Waals surface area (Å²) in [6.45, 7) is 17.7. The maximum atomic E-state index is 11.8. The van der Waals surface area contributed by atoms with Crippen LogP contribution in [0.1, 0.15) is 68.7 Å². The Morgan fingerprint density at radius 1 is 1.07 bits per heavy atom. The first kappa shape index (κ1) is 33.8. The average molecular weight is 415 g/mol. The molecule has 166 valence electrons. The van der Waals surface area contributed by atoms with Crippen LogP contribution in [0.25, 0.3) is 0 Å². The van der Waals surface area contributed by atoms with Gasteiger partial charge in [-0.15, -0.1) is 0 Å². The van der Waals surface area contributed by atoms with E-state index in [-0.39, 0.29) is 25.5 Å². The van der Waals surface area contributed by atoms with E-state index < -0.39 is 26.0 Å². The number of hydrogen-bond acceptors (Lipinski definition) is 6. The molecule has 9 heteroatoms. The lowest BCUT2D eigenvalue weighted by Crippen LogP contribution is -2.46. The van der Waals surface area contributed by atoms with Gasteiger partial charge in [-0.25, -0.2) is 0 Å². The second kappa shape index (κ2) is 23.2. The largest absolute Gasteiger partial charge is 0.383 e. The van der Waals surface area contributed by atoms with Gasteiger partial charge < -0.3 is 29.7 Å². The summed E-state index contributed by atoms with van der Waals surface area (Å²) in [6.07, 6.45) is -1.18. The molecule has 8 nitrogen and oxygen atoms in total. The molecule has 2 atom stereocenters. The number of carbonyl (C=O) groups excluding carboxylic acids is 2. The van der Waals surface area contributed by atoms with Gasteiger partial charge in [0.15, 0.2) is 0 Å². The summed E-state index contributed by atoms with van der Waals surface area (Å²) in [5.74, 6) is -0.756. The van der Waals surface area contributed by atoms with Crippen LogP contribution < -0.4 is 10.6 Å². The normalized spacial score (nSPS) is 11.9. The summed E-state index contributed by atoms with van der Waals surface area (Å²) < 4.78 is 9.57. The second-order valence-electron chi connectivity index (χ2n) is 5.08.